The van der Waals surface area contributed by atoms with Crippen LogP contribution in [0.3, 0.4) is 0 Å². The van der Waals surface area contributed by atoms with E-state index in [0.717, 1.165) is 18.4 Å². The van der Waals surface area contributed by atoms with Crippen LogP contribution in [0, 0.1) is 0 Å². The highest BCUT2D eigenvalue weighted by atomic mass is 16.3. The molecule has 0 heterocycles. The number of phenolic OH excluding ortho intramolecular Hbond substituents is 1. The van der Waals surface area contributed by atoms with Crippen LogP contribution in [-0.2, 0) is 4.79 Å². The highest BCUT2D eigenvalue weighted by molar-refractivity contribution is 5.94. The Balaban J connectivity index is 1.57. The fraction of sp³-hybridized carbons (Fsp3) is 0.200. The van der Waals surface area contributed by atoms with E-state index in [1.807, 2.05) is 30.3 Å². The van der Waals surface area contributed by atoms with E-state index in [9.17, 15) is 14.7 Å². The van der Waals surface area contributed by atoms with E-state index < -0.39 is 0 Å². The Morgan fingerprint density at radius 3 is 2.20 bits per heavy atom. The molecule has 2 amide bonds. The largest absolute Gasteiger partial charge is 0.508 e. The number of rotatable bonds is 8. The predicted molar refractivity (Wildman–Crippen MR) is 98.2 cm³/mol. The van der Waals surface area contributed by atoms with Crippen LogP contribution < -0.4 is 10.6 Å². The van der Waals surface area contributed by atoms with Crippen molar-refractivity contribution in [2.45, 2.75) is 12.8 Å². The van der Waals surface area contributed by atoms with E-state index in [2.05, 4.69) is 10.6 Å². The molecular formula is C20H22N2O3. The Labute approximate surface area is 147 Å². The Bertz CT molecular complexity index is 709. The molecule has 0 aliphatic carbocycles. The number of phenols is 1. The molecule has 0 aromatic heterocycles. The van der Waals surface area contributed by atoms with Crippen molar-refractivity contribution >= 4 is 17.9 Å². The quantitative estimate of drug-likeness (QED) is 0.511. The first kappa shape index (κ1) is 18.3. The lowest BCUT2D eigenvalue weighted by Crippen LogP contribution is -2.26. The van der Waals surface area contributed by atoms with E-state index in [0.29, 0.717) is 18.7 Å². The zero-order chi connectivity index (χ0) is 17.9. The summed E-state index contributed by atoms with van der Waals surface area (Å²) >= 11 is 0. The normalized spacial score (nSPS) is 10.6. The van der Waals surface area contributed by atoms with Crippen LogP contribution in [-0.4, -0.2) is 30.0 Å². The van der Waals surface area contributed by atoms with Gasteiger partial charge >= 0.3 is 0 Å². The summed E-state index contributed by atoms with van der Waals surface area (Å²) in [7, 11) is 0. The second-order valence-corrected chi connectivity index (χ2v) is 5.54. The maximum atomic E-state index is 11.8. The number of hydrogen-bond acceptors (Lipinski definition) is 3. The second-order valence-electron chi connectivity index (χ2n) is 5.54. The van der Waals surface area contributed by atoms with Gasteiger partial charge in [0.05, 0.1) is 0 Å². The van der Waals surface area contributed by atoms with Crippen molar-refractivity contribution < 1.29 is 14.7 Å². The maximum Gasteiger partial charge on any atom is 0.251 e. The first-order valence-corrected chi connectivity index (χ1v) is 8.23. The third-order valence-corrected chi connectivity index (χ3v) is 3.54. The minimum atomic E-state index is -0.171. The molecule has 5 heteroatoms. The van der Waals surface area contributed by atoms with Crippen molar-refractivity contribution in [3.8, 4) is 5.75 Å². The Morgan fingerprint density at radius 2 is 1.52 bits per heavy atom. The predicted octanol–water partition coefficient (Wildman–Crippen LogP) is 2.73. The molecule has 0 aliphatic heterocycles. The van der Waals surface area contributed by atoms with Gasteiger partial charge in [-0.15, -0.1) is 0 Å². The van der Waals surface area contributed by atoms with Gasteiger partial charge in [0.1, 0.15) is 5.75 Å². The van der Waals surface area contributed by atoms with E-state index in [4.69, 9.17) is 0 Å². The molecule has 0 atom stereocenters. The van der Waals surface area contributed by atoms with E-state index in [1.165, 1.54) is 18.2 Å². The van der Waals surface area contributed by atoms with Crippen LogP contribution in [0.25, 0.3) is 6.08 Å². The molecule has 5 nitrogen and oxygen atoms in total. The van der Waals surface area contributed by atoms with Gasteiger partial charge in [0.25, 0.3) is 5.91 Å². The van der Waals surface area contributed by atoms with Crippen LogP contribution in [0.4, 0.5) is 0 Å². The van der Waals surface area contributed by atoms with Crippen molar-refractivity contribution in [2.75, 3.05) is 13.1 Å². The molecular weight excluding hydrogens is 316 g/mol. The summed E-state index contributed by atoms with van der Waals surface area (Å²) in [6.45, 7) is 1.10. The van der Waals surface area contributed by atoms with E-state index in [-0.39, 0.29) is 17.6 Å². The molecule has 2 aromatic carbocycles. The Kier molecular flexibility index (Phi) is 7.25. The fourth-order valence-electron chi connectivity index (χ4n) is 2.17. The van der Waals surface area contributed by atoms with Gasteiger partial charge in [-0.25, -0.2) is 0 Å². The van der Waals surface area contributed by atoms with Crippen LogP contribution in [0.2, 0.25) is 0 Å². The number of amides is 2. The van der Waals surface area contributed by atoms with Crippen LogP contribution in [0.15, 0.2) is 60.7 Å². The first-order valence-electron chi connectivity index (χ1n) is 8.23. The summed E-state index contributed by atoms with van der Waals surface area (Å²) in [6.07, 6.45) is 4.84. The maximum absolute atomic E-state index is 11.8. The van der Waals surface area contributed by atoms with Gasteiger partial charge in [-0.2, -0.15) is 0 Å². The molecule has 2 aromatic rings. The van der Waals surface area contributed by atoms with Gasteiger partial charge in [0.15, 0.2) is 0 Å². The smallest absolute Gasteiger partial charge is 0.251 e. The van der Waals surface area contributed by atoms with Crippen LogP contribution in [0.5, 0.6) is 5.75 Å². The number of nitrogens with one attached hydrogen (secondary N) is 2. The molecule has 0 spiro atoms. The standard InChI is InChI=1S/C20H22N2O3/c23-18-11-9-17(10-12-18)20(25)22-15-5-4-14-21-19(24)13-8-16-6-2-1-3-7-16/h1-3,6-13,23H,4-5,14-15H2,(H,21,24)(H,22,25)/b13-8+. The van der Waals surface area contributed by atoms with Crippen molar-refractivity contribution in [3.63, 3.8) is 0 Å². The lowest BCUT2D eigenvalue weighted by atomic mass is 10.2. The zero-order valence-electron chi connectivity index (χ0n) is 13.9. The van der Waals surface area contributed by atoms with Gasteiger partial charge in [-0.3, -0.25) is 9.59 Å². The molecule has 0 aliphatic rings. The number of unbranched alkanes of at least 4 members (excludes halogenated alkanes) is 1. The second kappa shape index (κ2) is 9.93. The summed E-state index contributed by atoms with van der Waals surface area (Å²) in [5.74, 6) is -0.166. The molecule has 0 bridgehead atoms. The molecule has 0 radical (unpaired) electrons. The van der Waals surface area contributed by atoms with Gasteiger partial charge in [0.2, 0.25) is 5.91 Å². The van der Waals surface area contributed by atoms with E-state index >= 15 is 0 Å². The molecule has 0 saturated heterocycles. The molecule has 0 saturated carbocycles. The highest BCUT2D eigenvalue weighted by Crippen LogP contribution is 2.09. The lowest BCUT2D eigenvalue weighted by Gasteiger charge is -2.06. The third-order valence-electron chi connectivity index (χ3n) is 3.54. The van der Waals surface area contributed by atoms with Crippen LogP contribution >= 0.6 is 0 Å². The molecule has 130 valence electrons. The van der Waals surface area contributed by atoms with Gasteiger partial charge in [0, 0.05) is 24.7 Å². The molecule has 0 fully saturated rings. The molecule has 3 N–H and O–H groups in total. The SMILES string of the molecule is O=C(/C=C/c1ccccc1)NCCCCNC(=O)c1ccc(O)cc1. The zero-order valence-corrected chi connectivity index (χ0v) is 13.9. The number of carbonyl (C=O) groups excluding carboxylic acids is 2. The monoisotopic (exact) mass is 338 g/mol. The molecule has 0 unspecified atom stereocenters. The summed E-state index contributed by atoms with van der Waals surface area (Å²) in [5, 5.41) is 14.8. The number of benzene rings is 2. The number of carbonyl (C=O) groups is 2. The summed E-state index contributed by atoms with van der Waals surface area (Å²) in [6, 6.07) is 15.7. The minimum absolute atomic E-state index is 0.128. The van der Waals surface area contributed by atoms with Crippen LogP contribution in [0.1, 0.15) is 28.8 Å². The third kappa shape index (κ3) is 6.91. The average molecular weight is 338 g/mol. The summed E-state index contributed by atoms with van der Waals surface area (Å²) in [5.41, 5.74) is 1.49. The highest BCUT2D eigenvalue weighted by Gasteiger charge is 2.04. The van der Waals surface area contributed by atoms with Crippen molar-refractivity contribution in [1.82, 2.24) is 10.6 Å². The van der Waals surface area contributed by atoms with Gasteiger partial charge in [-0.05, 0) is 48.7 Å². The van der Waals surface area contributed by atoms with E-state index in [1.54, 1.807) is 18.2 Å². The number of aromatic hydroxyl groups is 1. The number of hydrogen-bond donors (Lipinski definition) is 3. The van der Waals surface area contributed by atoms with Gasteiger partial charge in [-0.1, -0.05) is 30.3 Å². The van der Waals surface area contributed by atoms with Crippen molar-refractivity contribution in [1.29, 1.82) is 0 Å². The Hall–Kier alpha value is -3.08. The van der Waals surface area contributed by atoms with Crippen molar-refractivity contribution in [2.24, 2.45) is 0 Å². The molecule has 2 rings (SSSR count). The summed E-state index contributed by atoms with van der Waals surface area (Å²) < 4.78 is 0. The Morgan fingerprint density at radius 1 is 0.880 bits per heavy atom. The van der Waals surface area contributed by atoms with Crippen molar-refractivity contribution in [3.05, 3.63) is 71.8 Å². The van der Waals surface area contributed by atoms with Gasteiger partial charge < -0.3 is 15.7 Å². The first-order chi connectivity index (χ1) is 12.1. The lowest BCUT2D eigenvalue weighted by molar-refractivity contribution is -0.116. The molecule has 25 heavy (non-hydrogen) atoms. The summed E-state index contributed by atoms with van der Waals surface area (Å²) in [4.78, 5) is 23.5. The minimum Gasteiger partial charge on any atom is -0.508 e. The average Bonchev–Trinajstić information content (AvgIpc) is 2.64. The fourth-order valence-corrected chi connectivity index (χ4v) is 2.17. The topological polar surface area (TPSA) is 78.4 Å².